The molecule has 1 N–H and O–H groups in total. The molecule has 2 aromatic carbocycles. The van der Waals surface area contributed by atoms with E-state index in [1.807, 2.05) is 56.3 Å². The third-order valence-electron chi connectivity index (χ3n) is 4.65. The van der Waals surface area contributed by atoms with Crippen molar-refractivity contribution in [1.82, 2.24) is 4.90 Å². The van der Waals surface area contributed by atoms with Crippen molar-refractivity contribution in [3.63, 3.8) is 0 Å². The molecule has 128 valence electrons. The number of anilines is 1. The first-order chi connectivity index (χ1) is 12.0. The van der Waals surface area contributed by atoms with E-state index in [0.29, 0.717) is 13.1 Å². The van der Waals surface area contributed by atoms with Gasteiger partial charge in [-0.1, -0.05) is 42.5 Å². The lowest BCUT2D eigenvalue weighted by atomic mass is 9.99. The monoisotopic (exact) mass is 334 g/mol. The first-order valence-electron chi connectivity index (χ1n) is 8.38. The minimum atomic E-state index is -0.229. The second-order valence-electron chi connectivity index (χ2n) is 6.50. The summed E-state index contributed by atoms with van der Waals surface area (Å²) in [5.74, 6) is -0.344. The third kappa shape index (κ3) is 3.63. The van der Waals surface area contributed by atoms with E-state index in [4.69, 9.17) is 0 Å². The zero-order valence-electron chi connectivity index (χ0n) is 14.6. The molecule has 4 nitrogen and oxygen atoms in total. The summed E-state index contributed by atoms with van der Waals surface area (Å²) in [5, 5.41) is 2.98. The van der Waals surface area contributed by atoms with Gasteiger partial charge in [-0.2, -0.15) is 0 Å². The second kappa shape index (κ2) is 6.93. The lowest BCUT2D eigenvalue weighted by Crippen LogP contribution is -2.22. The number of carbonyl (C=O) groups is 2. The number of benzene rings is 2. The lowest BCUT2D eigenvalue weighted by molar-refractivity contribution is -0.126. The zero-order valence-corrected chi connectivity index (χ0v) is 14.6. The van der Waals surface area contributed by atoms with Gasteiger partial charge in [0.2, 0.25) is 11.8 Å². The number of rotatable bonds is 4. The number of carbonyl (C=O) groups excluding carboxylic acids is 2. The van der Waals surface area contributed by atoms with Crippen molar-refractivity contribution >= 4 is 17.5 Å². The molecule has 0 aliphatic carbocycles. The highest BCUT2D eigenvalue weighted by molar-refractivity contribution is 5.95. The van der Waals surface area contributed by atoms with Crippen LogP contribution >= 0.6 is 0 Å². The highest BCUT2D eigenvalue weighted by atomic mass is 16.2. The normalized spacial score (nSPS) is 13.9. The maximum absolute atomic E-state index is 12.5. The fourth-order valence-corrected chi connectivity index (χ4v) is 3.01. The van der Waals surface area contributed by atoms with Crippen LogP contribution in [-0.2, 0) is 22.7 Å². The quantitative estimate of drug-likeness (QED) is 0.866. The molecule has 4 heteroatoms. The predicted octanol–water partition coefficient (Wildman–Crippen LogP) is 3.77. The first-order valence-corrected chi connectivity index (χ1v) is 8.38. The number of nitrogens with one attached hydrogen (secondary N) is 1. The van der Waals surface area contributed by atoms with Gasteiger partial charge in [-0.15, -0.1) is 0 Å². The molecule has 1 atom stereocenters. The van der Waals surface area contributed by atoms with E-state index in [-0.39, 0.29) is 17.7 Å². The Bertz CT molecular complexity index is 824. The molecule has 25 heavy (non-hydrogen) atoms. The lowest BCUT2D eigenvalue weighted by Gasteiger charge is -2.13. The Morgan fingerprint density at radius 1 is 1.12 bits per heavy atom. The van der Waals surface area contributed by atoms with Crippen LogP contribution in [0.15, 0.2) is 55.1 Å². The number of fused-ring (bicyclic) bond motifs is 1. The molecule has 0 fully saturated rings. The van der Waals surface area contributed by atoms with Crippen LogP contribution in [0, 0.1) is 6.92 Å². The maximum atomic E-state index is 12.5. The van der Waals surface area contributed by atoms with Gasteiger partial charge >= 0.3 is 0 Å². The average Bonchev–Trinajstić information content (AvgIpc) is 3.04. The zero-order chi connectivity index (χ0) is 18.0. The number of nitrogens with zero attached hydrogens (tertiary/aromatic N) is 1. The van der Waals surface area contributed by atoms with Crippen molar-refractivity contribution in [1.29, 1.82) is 0 Å². The van der Waals surface area contributed by atoms with Gasteiger partial charge in [0.25, 0.3) is 0 Å². The molecule has 2 aromatic rings. The summed E-state index contributed by atoms with van der Waals surface area (Å²) in [6.45, 7) is 8.60. The summed E-state index contributed by atoms with van der Waals surface area (Å²) in [5.41, 5.74) is 5.10. The Kier molecular flexibility index (Phi) is 4.70. The molecule has 1 heterocycles. The Morgan fingerprint density at radius 2 is 1.80 bits per heavy atom. The van der Waals surface area contributed by atoms with Gasteiger partial charge in [0.15, 0.2) is 0 Å². The number of hydrogen-bond donors (Lipinski definition) is 1. The van der Waals surface area contributed by atoms with E-state index < -0.39 is 0 Å². The average molecular weight is 334 g/mol. The van der Waals surface area contributed by atoms with Gasteiger partial charge in [-0.25, -0.2) is 0 Å². The van der Waals surface area contributed by atoms with Crippen LogP contribution in [0.25, 0.3) is 0 Å². The predicted molar refractivity (Wildman–Crippen MR) is 99.1 cm³/mol. The minimum Gasteiger partial charge on any atom is -0.331 e. The molecule has 1 unspecified atom stereocenters. The summed E-state index contributed by atoms with van der Waals surface area (Å²) >= 11 is 0. The Morgan fingerprint density at radius 3 is 2.48 bits per heavy atom. The number of aryl methyl sites for hydroxylation is 1. The maximum Gasteiger partial charge on any atom is 0.246 e. The van der Waals surface area contributed by atoms with Crippen LogP contribution in [0.1, 0.15) is 35.1 Å². The highest BCUT2D eigenvalue weighted by Crippen LogP contribution is 2.27. The second-order valence-corrected chi connectivity index (χ2v) is 6.50. The van der Waals surface area contributed by atoms with Crippen molar-refractivity contribution in [3.05, 3.63) is 77.4 Å². The van der Waals surface area contributed by atoms with Gasteiger partial charge < -0.3 is 10.2 Å². The van der Waals surface area contributed by atoms with Crippen molar-refractivity contribution in [2.24, 2.45) is 0 Å². The summed E-state index contributed by atoms with van der Waals surface area (Å²) in [6, 6.07) is 13.8. The molecule has 0 radical (unpaired) electrons. The largest absolute Gasteiger partial charge is 0.331 e. The van der Waals surface area contributed by atoms with E-state index in [0.717, 1.165) is 22.4 Å². The molecular formula is C21H22N2O2. The molecule has 0 aromatic heterocycles. The minimum absolute atomic E-state index is 0.0409. The van der Waals surface area contributed by atoms with E-state index in [1.165, 1.54) is 11.6 Å². The van der Waals surface area contributed by atoms with E-state index in [1.54, 1.807) is 4.90 Å². The third-order valence-corrected chi connectivity index (χ3v) is 4.65. The molecule has 1 aliphatic heterocycles. The van der Waals surface area contributed by atoms with Gasteiger partial charge in [0, 0.05) is 18.8 Å². The van der Waals surface area contributed by atoms with Crippen LogP contribution in [-0.4, -0.2) is 16.7 Å². The molecule has 0 saturated carbocycles. The van der Waals surface area contributed by atoms with Crippen LogP contribution in [0.4, 0.5) is 5.69 Å². The number of amides is 2. The van der Waals surface area contributed by atoms with Gasteiger partial charge in [-0.3, -0.25) is 9.59 Å². The van der Waals surface area contributed by atoms with E-state index in [9.17, 15) is 9.59 Å². The molecule has 2 amide bonds. The van der Waals surface area contributed by atoms with Crippen molar-refractivity contribution < 1.29 is 9.59 Å². The Labute approximate surface area is 148 Å². The molecule has 0 bridgehead atoms. The number of hydrogen-bond acceptors (Lipinski definition) is 2. The first kappa shape index (κ1) is 17.0. The van der Waals surface area contributed by atoms with Crippen LogP contribution in [0.5, 0.6) is 0 Å². The van der Waals surface area contributed by atoms with Gasteiger partial charge in [-0.05, 0) is 48.7 Å². The fraction of sp³-hybridized carbons (Fsp3) is 0.238. The standard InChI is InChI=1S/C21H22N2O2/c1-4-20(24)23-12-17-9-10-19(11-18(17)13-23)22-21(25)15(3)16-7-5-14(2)6-8-16/h4-11,15H,1,12-13H2,2-3H3,(H,22,25). The summed E-state index contributed by atoms with van der Waals surface area (Å²) in [7, 11) is 0. The SMILES string of the molecule is C=CC(=O)N1Cc2ccc(NC(=O)C(C)c3ccc(C)cc3)cc2C1. The molecule has 3 rings (SSSR count). The van der Waals surface area contributed by atoms with Crippen molar-refractivity contribution in [3.8, 4) is 0 Å². The van der Waals surface area contributed by atoms with Crippen molar-refractivity contribution in [2.45, 2.75) is 32.9 Å². The Balaban J connectivity index is 1.70. The molecular weight excluding hydrogens is 312 g/mol. The fourth-order valence-electron chi connectivity index (χ4n) is 3.01. The topological polar surface area (TPSA) is 49.4 Å². The smallest absolute Gasteiger partial charge is 0.246 e. The molecule has 0 saturated heterocycles. The summed E-state index contributed by atoms with van der Waals surface area (Å²) in [6.07, 6.45) is 1.33. The Hall–Kier alpha value is -2.88. The van der Waals surface area contributed by atoms with E-state index in [2.05, 4.69) is 11.9 Å². The van der Waals surface area contributed by atoms with Crippen molar-refractivity contribution in [2.75, 3.05) is 5.32 Å². The summed E-state index contributed by atoms with van der Waals surface area (Å²) in [4.78, 5) is 26.0. The molecule has 0 spiro atoms. The van der Waals surface area contributed by atoms with Crippen LogP contribution in [0.3, 0.4) is 0 Å². The van der Waals surface area contributed by atoms with E-state index >= 15 is 0 Å². The molecule has 1 aliphatic rings. The summed E-state index contributed by atoms with van der Waals surface area (Å²) < 4.78 is 0. The van der Waals surface area contributed by atoms with Gasteiger partial charge in [0.1, 0.15) is 0 Å². The highest BCUT2D eigenvalue weighted by Gasteiger charge is 2.22. The van der Waals surface area contributed by atoms with Crippen LogP contribution < -0.4 is 5.32 Å². The van der Waals surface area contributed by atoms with Crippen LogP contribution in [0.2, 0.25) is 0 Å². The van der Waals surface area contributed by atoms with Gasteiger partial charge in [0.05, 0.1) is 5.92 Å².